The van der Waals surface area contributed by atoms with Crippen LogP contribution < -0.4 is 5.73 Å². The molecule has 1 aromatic heterocycles. The van der Waals surface area contributed by atoms with Crippen LogP contribution in [0.15, 0.2) is 12.5 Å². The van der Waals surface area contributed by atoms with E-state index in [2.05, 4.69) is 9.97 Å². The second-order valence-electron chi connectivity index (χ2n) is 2.08. The highest BCUT2D eigenvalue weighted by atomic mass is 16.1. The fraction of sp³-hybridized carbons (Fsp3) is 0.429. The van der Waals surface area contributed by atoms with Gasteiger partial charge in [-0.15, -0.1) is 0 Å². The molecule has 1 heterocycles. The van der Waals surface area contributed by atoms with Crippen molar-refractivity contribution in [2.75, 3.05) is 0 Å². The van der Waals surface area contributed by atoms with Crippen molar-refractivity contribution in [3.8, 4) is 0 Å². The minimum atomic E-state index is -0.416. The van der Waals surface area contributed by atoms with E-state index in [0.29, 0.717) is 6.42 Å². The first-order valence-corrected chi connectivity index (χ1v) is 3.01. The molecule has 0 bridgehead atoms. The highest BCUT2D eigenvalue weighted by Crippen LogP contribution is 1.93. The van der Waals surface area contributed by atoms with Crippen LogP contribution in [0.4, 0.5) is 0 Å². The van der Waals surface area contributed by atoms with Crippen LogP contribution in [0.1, 0.15) is 13.1 Å². The zero-order valence-corrected chi connectivity index (χ0v) is 5.45. The molecule has 4 heteroatoms. The van der Waals surface area contributed by atoms with Crippen LogP contribution in [0.2, 0.25) is 0 Å². The van der Waals surface area contributed by atoms with Crippen molar-refractivity contribution in [2.45, 2.75) is 19.9 Å². The fourth-order valence-electron chi connectivity index (χ4n) is 0.698. The number of nitrogens with two attached hydrogens (primary N) is 1. The Bertz CT molecular complexity index is 195. The second kappa shape index (κ2) is 4.62. The molecular weight excluding hydrogens is 142 g/mol. The quantitative estimate of drug-likeness (QED) is 0.609. The van der Waals surface area contributed by atoms with Crippen molar-refractivity contribution < 1.29 is 4.79 Å². The summed E-state index contributed by atoms with van der Waals surface area (Å²) in [5.41, 5.74) is 6.24. The number of nitrogens with zero attached hydrogens (tertiary/aromatic N) is 1. The average Bonchev–Trinajstić information content (AvgIpc) is 2.40. The third-order valence-electron chi connectivity index (χ3n) is 1.19. The first kappa shape index (κ1) is 9.84. The summed E-state index contributed by atoms with van der Waals surface area (Å²) in [5, 5.41) is 0. The summed E-state index contributed by atoms with van der Waals surface area (Å²) >= 11 is 0. The Labute approximate surface area is 65.8 Å². The van der Waals surface area contributed by atoms with Crippen LogP contribution in [0.3, 0.4) is 0 Å². The lowest BCUT2D eigenvalue weighted by Gasteiger charge is -1.98. The highest BCUT2D eigenvalue weighted by molar-refractivity contribution is 5.57. The van der Waals surface area contributed by atoms with E-state index in [4.69, 9.17) is 5.73 Å². The molecule has 0 saturated carbocycles. The Hall–Kier alpha value is -1.16. The Morgan fingerprint density at radius 2 is 2.55 bits per heavy atom. The van der Waals surface area contributed by atoms with Gasteiger partial charge in [0.25, 0.3) is 0 Å². The van der Waals surface area contributed by atoms with Crippen molar-refractivity contribution in [1.82, 2.24) is 9.97 Å². The normalized spacial score (nSPS) is 11.7. The highest BCUT2D eigenvalue weighted by Gasteiger charge is 2.01. The van der Waals surface area contributed by atoms with Gasteiger partial charge < -0.3 is 15.5 Å². The van der Waals surface area contributed by atoms with Crippen molar-refractivity contribution in [3.63, 3.8) is 0 Å². The Balaban J connectivity index is 0.000001000. The molecular formula is C7H13N3O. The molecule has 0 radical (unpaired) electrons. The van der Waals surface area contributed by atoms with E-state index < -0.39 is 6.04 Å². The molecule has 1 rings (SSSR count). The predicted molar refractivity (Wildman–Crippen MR) is 43.1 cm³/mol. The number of imidazole rings is 1. The number of rotatable bonds is 3. The van der Waals surface area contributed by atoms with Crippen LogP contribution in [0.25, 0.3) is 0 Å². The Kier molecular flexibility index (Phi) is 4.14. The van der Waals surface area contributed by atoms with E-state index in [9.17, 15) is 4.79 Å². The van der Waals surface area contributed by atoms with Crippen LogP contribution in [0, 0.1) is 0 Å². The molecule has 4 nitrogen and oxygen atoms in total. The number of nitrogens with one attached hydrogen (secondary N) is 1. The van der Waals surface area contributed by atoms with E-state index >= 15 is 0 Å². The van der Waals surface area contributed by atoms with E-state index in [1.807, 2.05) is 0 Å². The van der Waals surface area contributed by atoms with Gasteiger partial charge in [-0.25, -0.2) is 4.98 Å². The number of aromatic nitrogens is 2. The monoisotopic (exact) mass is 155 g/mol. The van der Waals surface area contributed by atoms with E-state index in [0.717, 1.165) is 12.0 Å². The molecule has 0 saturated heterocycles. The van der Waals surface area contributed by atoms with Crippen LogP contribution in [-0.4, -0.2) is 22.3 Å². The summed E-state index contributed by atoms with van der Waals surface area (Å²) in [6.07, 6.45) is 4.47. The third kappa shape index (κ3) is 2.95. The van der Waals surface area contributed by atoms with Gasteiger partial charge in [0, 0.05) is 18.3 Å². The predicted octanol–water partition coefficient (Wildman–Crippen LogP) is 0.114. The van der Waals surface area contributed by atoms with Crippen LogP contribution in [0.5, 0.6) is 0 Å². The zero-order valence-electron chi connectivity index (χ0n) is 5.45. The molecule has 0 amide bonds. The van der Waals surface area contributed by atoms with Gasteiger partial charge in [0.05, 0.1) is 12.4 Å². The van der Waals surface area contributed by atoms with Gasteiger partial charge in [-0.3, -0.25) is 0 Å². The standard InChI is InChI=1S/C6H9N3O.CH4/c7-5(3-10)1-6-2-8-4-9-6;/h2-5H,1,7H2,(H,8,9);1H4. The second-order valence-corrected chi connectivity index (χ2v) is 2.08. The average molecular weight is 155 g/mol. The molecule has 3 N–H and O–H groups in total. The third-order valence-corrected chi connectivity index (χ3v) is 1.19. The molecule has 0 aliphatic carbocycles. The Morgan fingerprint density at radius 3 is 3.00 bits per heavy atom. The minimum absolute atomic E-state index is 0. The number of aromatic amines is 1. The number of hydrogen-bond acceptors (Lipinski definition) is 3. The lowest BCUT2D eigenvalue weighted by Crippen LogP contribution is -2.24. The smallest absolute Gasteiger partial charge is 0.137 e. The molecule has 0 fully saturated rings. The molecule has 1 unspecified atom stereocenters. The summed E-state index contributed by atoms with van der Waals surface area (Å²) in [6.45, 7) is 0. The topological polar surface area (TPSA) is 71.8 Å². The molecule has 1 aromatic rings. The summed E-state index contributed by atoms with van der Waals surface area (Å²) in [6, 6.07) is -0.416. The SMILES string of the molecule is C.NC(C=O)Cc1cnc[nH]1. The summed E-state index contributed by atoms with van der Waals surface area (Å²) in [5.74, 6) is 0. The van der Waals surface area contributed by atoms with Gasteiger partial charge in [-0.2, -0.15) is 0 Å². The maximum atomic E-state index is 10.1. The molecule has 0 aliphatic heterocycles. The van der Waals surface area contributed by atoms with Crippen molar-refractivity contribution in [1.29, 1.82) is 0 Å². The number of H-pyrrole nitrogens is 1. The molecule has 0 spiro atoms. The zero-order chi connectivity index (χ0) is 7.40. The van der Waals surface area contributed by atoms with Gasteiger partial charge in [-0.1, -0.05) is 7.43 Å². The molecule has 1 atom stereocenters. The largest absolute Gasteiger partial charge is 0.348 e. The first-order valence-electron chi connectivity index (χ1n) is 3.01. The number of aldehydes is 1. The maximum absolute atomic E-state index is 10.1. The maximum Gasteiger partial charge on any atom is 0.137 e. The lowest BCUT2D eigenvalue weighted by molar-refractivity contribution is -0.108. The lowest BCUT2D eigenvalue weighted by atomic mass is 10.2. The number of hydrogen-bond donors (Lipinski definition) is 2. The van der Waals surface area contributed by atoms with Gasteiger partial charge in [0.1, 0.15) is 6.29 Å². The van der Waals surface area contributed by atoms with Gasteiger partial charge in [0.15, 0.2) is 0 Å². The van der Waals surface area contributed by atoms with E-state index in [-0.39, 0.29) is 7.43 Å². The first-order chi connectivity index (χ1) is 4.83. The molecule has 0 aromatic carbocycles. The van der Waals surface area contributed by atoms with Crippen molar-refractivity contribution in [2.24, 2.45) is 5.73 Å². The summed E-state index contributed by atoms with van der Waals surface area (Å²) < 4.78 is 0. The number of carbonyl (C=O) groups is 1. The molecule has 11 heavy (non-hydrogen) atoms. The summed E-state index contributed by atoms with van der Waals surface area (Å²) in [7, 11) is 0. The Morgan fingerprint density at radius 1 is 1.82 bits per heavy atom. The summed E-state index contributed by atoms with van der Waals surface area (Å²) in [4.78, 5) is 16.7. The fourth-order valence-corrected chi connectivity index (χ4v) is 0.698. The van der Waals surface area contributed by atoms with Crippen molar-refractivity contribution in [3.05, 3.63) is 18.2 Å². The van der Waals surface area contributed by atoms with Gasteiger partial charge in [-0.05, 0) is 0 Å². The molecule has 0 aliphatic rings. The van der Waals surface area contributed by atoms with Gasteiger partial charge in [0.2, 0.25) is 0 Å². The van der Waals surface area contributed by atoms with E-state index in [1.54, 1.807) is 12.5 Å². The van der Waals surface area contributed by atoms with Crippen LogP contribution in [-0.2, 0) is 11.2 Å². The van der Waals surface area contributed by atoms with Crippen LogP contribution >= 0.6 is 0 Å². The minimum Gasteiger partial charge on any atom is -0.348 e. The number of carbonyl (C=O) groups excluding carboxylic acids is 1. The van der Waals surface area contributed by atoms with E-state index in [1.165, 1.54) is 0 Å². The van der Waals surface area contributed by atoms with Crippen molar-refractivity contribution >= 4 is 6.29 Å². The van der Waals surface area contributed by atoms with Gasteiger partial charge >= 0.3 is 0 Å². The molecule has 62 valence electrons.